The lowest BCUT2D eigenvalue weighted by molar-refractivity contribution is -0.137. The average Bonchev–Trinajstić information content (AvgIpc) is 1.96. The minimum absolute atomic E-state index is 0.251. The molecule has 1 unspecified atom stereocenters. The molecule has 0 fully saturated rings. The molecule has 0 bridgehead atoms. The Labute approximate surface area is 80.7 Å². The lowest BCUT2D eigenvalue weighted by Gasteiger charge is -2.03. The zero-order chi connectivity index (χ0) is 10.3. The van der Waals surface area contributed by atoms with E-state index >= 15 is 0 Å². The summed E-state index contributed by atoms with van der Waals surface area (Å²) in [6, 6.07) is 0. The van der Waals surface area contributed by atoms with Crippen molar-refractivity contribution in [3.8, 4) is 0 Å². The zero-order valence-corrected chi connectivity index (χ0v) is 8.79. The summed E-state index contributed by atoms with van der Waals surface area (Å²) < 4.78 is 0. The highest BCUT2D eigenvalue weighted by atomic mass is 16.4. The Bertz CT molecular complexity index is 171. The van der Waals surface area contributed by atoms with E-state index in [-0.39, 0.29) is 12.3 Å². The molecule has 1 atom stereocenters. The summed E-state index contributed by atoms with van der Waals surface area (Å²) in [5, 5.41) is 8.50. The number of allylic oxidation sites excluding steroid dienone is 2. The van der Waals surface area contributed by atoms with E-state index in [0.29, 0.717) is 5.92 Å². The van der Waals surface area contributed by atoms with E-state index in [1.54, 1.807) is 0 Å². The van der Waals surface area contributed by atoms with Crippen molar-refractivity contribution in [1.82, 2.24) is 0 Å². The molecule has 0 rings (SSSR count). The van der Waals surface area contributed by atoms with Gasteiger partial charge >= 0.3 is 5.97 Å². The van der Waals surface area contributed by atoms with Crippen molar-refractivity contribution in [2.45, 2.75) is 40.0 Å². The molecule has 0 aliphatic rings. The zero-order valence-electron chi connectivity index (χ0n) is 8.79. The monoisotopic (exact) mass is 184 g/mol. The standard InChI is InChI=1S/C11H20O2/c1-9(2)6-4-5-7-10(3)8-11(12)13/h4-5,9-10H,6-8H2,1-3H3,(H,12,13)/b5-4-. The van der Waals surface area contributed by atoms with E-state index in [1.807, 2.05) is 6.92 Å². The fourth-order valence-corrected chi connectivity index (χ4v) is 1.08. The summed E-state index contributed by atoms with van der Waals surface area (Å²) >= 11 is 0. The molecule has 0 heterocycles. The van der Waals surface area contributed by atoms with Crippen molar-refractivity contribution in [2.24, 2.45) is 11.8 Å². The van der Waals surface area contributed by atoms with Crippen LogP contribution in [0.2, 0.25) is 0 Å². The second kappa shape index (κ2) is 6.70. The quantitative estimate of drug-likeness (QED) is 0.644. The Kier molecular flexibility index (Phi) is 6.29. The minimum Gasteiger partial charge on any atom is -0.481 e. The van der Waals surface area contributed by atoms with Crippen LogP contribution >= 0.6 is 0 Å². The SMILES string of the molecule is CC(C)C/C=C\CC(C)CC(=O)O. The third kappa shape index (κ3) is 9.12. The first kappa shape index (κ1) is 12.2. The Balaban J connectivity index is 3.51. The normalized spacial score (nSPS) is 13.8. The fourth-order valence-electron chi connectivity index (χ4n) is 1.08. The van der Waals surface area contributed by atoms with Crippen LogP contribution in [0.4, 0.5) is 0 Å². The smallest absolute Gasteiger partial charge is 0.303 e. The molecular weight excluding hydrogens is 164 g/mol. The molecule has 0 radical (unpaired) electrons. The Morgan fingerprint density at radius 1 is 1.23 bits per heavy atom. The molecule has 0 aromatic heterocycles. The molecule has 1 N–H and O–H groups in total. The van der Waals surface area contributed by atoms with Crippen LogP contribution in [-0.4, -0.2) is 11.1 Å². The molecule has 0 aromatic rings. The molecule has 0 aliphatic heterocycles. The van der Waals surface area contributed by atoms with Crippen molar-refractivity contribution in [3.05, 3.63) is 12.2 Å². The summed E-state index contributed by atoms with van der Waals surface area (Å²) in [5.74, 6) is 0.233. The molecular formula is C11H20O2. The van der Waals surface area contributed by atoms with Crippen LogP contribution in [0.5, 0.6) is 0 Å². The van der Waals surface area contributed by atoms with Crippen LogP contribution < -0.4 is 0 Å². The fraction of sp³-hybridized carbons (Fsp3) is 0.727. The van der Waals surface area contributed by atoms with E-state index in [2.05, 4.69) is 26.0 Å². The highest BCUT2D eigenvalue weighted by Gasteiger charge is 2.04. The van der Waals surface area contributed by atoms with Gasteiger partial charge in [0.1, 0.15) is 0 Å². The van der Waals surface area contributed by atoms with Crippen LogP contribution in [0.1, 0.15) is 40.0 Å². The average molecular weight is 184 g/mol. The van der Waals surface area contributed by atoms with Crippen molar-refractivity contribution in [2.75, 3.05) is 0 Å². The summed E-state index contributed by atoms with van der Waals surface area (Å²) in [6.45, 7) is 6.31. The molecule has 0 spiro atoms. The Morgan fingerprint density at radius 3 is 2.23 bits per heavy atom. The molecule has 13 heavy (non-hydrogen) atoms. The van der Waals surface area contributed by atoms with Crippen molar-refractivity contribution in [1.29, 1.82) is 0 Å². The third-order valence-corrected chi connectivity index (χ3v) is 1.84. The first-order chi connectivity index (χ1) is 6.02. The van der Waals surface area contributed by atoms with E-state index in [9.17, 15) is 4.79 Å². The number of carboxylic acids is 1. The predicted octanol–water partition coefficient (Wildman–Crippen LogP) is 3.09. The highest BCUT2D eigenvalue weighted by Crippen LogP contribution is 2.09. The lowest BCUT2D eigenvalue weighted by Crippen LogP contribution is -2.02. The minimum atomic E-state index is -0.704. The van der Waals surface area contributed by atoms with Gasteiger partial charge in [-0.2, -0.15) is 0 Å². The van der Waals surface area contributed by atoms with Crippen LogP contribution in [0.3, 0.4) is 0 Å². The van der Waals surface area contributed by atoms with Crippen molar-refractivity contribution < 1.29 is 9.90 Å². The van der Waals surface area contributed by atoms with Gasteiger partial charge in [-0.3, -0.25) is 4.79 Å². The van der Waals surface area contributed by atoms with E-state index in [1.165, 1.54) is 0 Å². The Hall–Kier alpha value is -0.790. The number of aliphatic carboxylic acids is 1. The summed E-state index contributed by atoms with van der Waals surface area (Å²) in [5.41, 5.74) is 0. The number of rotatable bonds is 6. The van der Waals surface area contributed by atoms with Gasteiger partial charge < -0.3 is 5.11 Å². The second-order valence-corrected chi connectivity index (χ2v) is 4.04. The molecule has 0 aromatic carbocycles. The van der Waals surface area contributed by atoms with Crippen molar-refractivity contribution in [3.63, 3.8) is 0 Å². The van der Waals surface area contributed by atoms with E-state index in [0.717, 1.165) is 12.8 Å². The molecule has 0 aliphatic carbocycles. The van der Waals surface area contributed by atoms with Crippen LogP contribution in [0, 0.1) is 11.8 Å². The van der Waals surface area contributed by atoms with Gasteiger partial charge in [0.15, 0.2) is 0 Å². The van der Waals surface area contributed by atoms with Gasteiger partial charge in [0.25, 0.3) is 0 Å². The number of hydrogen-bond donors (Lipinski definition) is 1. The highest BCUT2D eigenvalue weighted by molar-refractivity contribution is 5.66. The maximum absolute atomic E-state index is 10.3. The topological polar surface area (TPSA) is 37.3 Å². The van der Waals surface area contributed by atoms with Crippen LogP contribution in [-0.2, 0) is 4.79 Å². The van der Waals surface area contributed by atoms with Gasteiger partial charge in [-0.15, -0.1) is 0 Å². The maximum Gasteiger partial charge on any atom is 0.303 e. The number of hydrogen-bond acceptors (Lipinski definition) is 1. The van der Waals surface area contributed by atoms with Gasteiger partial charge in [0.05, 0.1) is 0 Å². The Morgan fingerprint density at radius 2 is 1.77 bits per heavy atom. The van der Waals surface area contributed by atoms with Gasteiger partial charge in [-0.05, 0) is 24.7 Å². The number of carboxylic acid groups (broad SMARTS) is 1. The molecule has 0 saturated heterocycles. The van der Waals surface area contributed by atoms with Crippen LogP contribution in [0.25, 0.3) is 0 Å². The molecule has 2 heteroatoms. The van der Waals surface area contributed by atoms with Gasteiger partial charge in [-0.1, -0.05) is 32.9 Å². The van der Waals surface area contributed by atoms with Gasteiger partial charge in [-0.25, -0.2) is 0 Å². The molecule has 76 valence electrons. The van der Waals surface area contributed by atoms with Crippen molar-refractivity contribution >= 4 is 5.97 Å². The van der Waals surface area contributed by atoms with Gasteiger partial charge in [0, 0.05) is 6.42 Å². The molecule has 0 saturated carbocycles. The summed E-state index contributed by atoms with van der Waals surface area (Å²) in [6.07, 6.45) is 6.46. The number of carbonyl (C=O) groups is 1. The van der Waals surface area contributed by atoms with E-state index < -0.39 is 5.97 Å². The first-order valence-electron chi connectivity index (χ1n) is 4.89. The summed E-state index contributed by atoms with van der Waals surface area (Å²) in [7, 11) is 0. The van der Waals surface area contributed by atoms with E-state index in [4.69, 9.17) is 5.11 Å². The van der Waals surface area contributed by atoms with Gasteiger partial charge in [0.2, 0.25) is 0 Å². The first-order valence-corrected chi connectivity index (χ1v) is 4.89. The summed E-state index contributed by atoms with van der Waals surface area (Å²) in [4.78, 5) is 10.3. The largest absolute Gasteiger partial charge is 0.481 e. The maximum atomic E-state index is 10.3. The predicted molar refractivity (Wildman–Crippen MR) is 54.6 cm³/mol. The second-order valence-electron chi connectivity index (χ2n) is 4.04. The van der Waals surface area contributed by atoms with Crippen LogP contribution in [0.15, 0.2) is 12.2 Å². The molecule has 0 amide bonds. The lowest BCUT2D eigenvalue weighted by atomic mass is 10.0. The molecule has 2 nitrogen and oxygen atoms in total. The third-order valence-electron chi connectivity index (χ3n) is 1.84.